The van der Waals surface area contributed by atoms with Crippen LogP contribution in [0.15, 0.2) is 10.7 Å². The molecule has 0 amide bonds. The molecule has 0 aliphatic rings. The van der Waals surface area contributed by atoms with Gasteiger partial charge in [0.05, 0.1) is 14.2 Å². The maximum atomic E-state index is 4.78. The molecule has 1 rings (SSSR count). The molecule has 0 aliphatic carbocycles. The minimum Gasteiger partial charge on any atom is -0.479 e. The number of aromatic nitrogens is 1. The van der Waals surface area contributed by atoms with Gasteiger partial charge in [0.15, 0.2) is 6.26 Å². The summed E-state index contributed by atoms with van der Waals surface area (Å²) in [6, 6.07) is 0. The van der Waals surface area contributed by atoms with Crippen LogP contribution < -0.4 is 9.47 Å². The molecule has 0 aromatic carbocycles. The number of methoxy groups -OCH3 is 2. The van der Waals surface area contributed by atoms with E-state index in [-0.39, 0.29) is 6.08 Å². The Hall–Kier alpha value is -1.63. The SMILES string of the molecule is C#CCC.COc1coc(OC)n1. The second-order valence-electron chi connectivity index (χ2n) is 1.92. The zero-order valence-corrected chi connectivity index (χ0v) is 8.03. The Morgan fingerprint density at radius 1 is 1.54 bits per heavy atom. The highest BCUT2D eigenvalue weighted by Gasteiger charge is 2.00. The van der Waals surface area contributed by atoms with Gasteiger partial charge in [0.1, 0.15) is 0 Å². The molecule has 1 aromatic heterocycles. The zero-order valence-electron chi connectivity index (χ0n) is 8.03. The standard InChI is InChI=1S/C5H7NO3.C4H6/c1-7-4-3-9-5(6-4)8-2;1-3-4-2/h3H,1-2H3;1H,4H2,2H3. The Kier molecular flexibility index (Phi) is 6.16. The molecule has 72 valence electrons. The maximum absolute atomic E-state index is 4.78. The molecule has 1 aromatic rings. The van der Waals surface area contributed by atoms with E-state index in [1.165, 1.54) is 20.5 Å². The van der Waals surface area contributed by atoms with E-state index in [1.54, 1.807) is 0 Å². The van der Waals surface area contributed by atoms with Crippen LogP contribution in [0.25, 0.3) is 0 Å². The van der Waals surface area contributed by atoms with Gasteiger partial charge in [-0.25, -0.2) is 0 Å². The summed E-state index contributed by atoms with van der Waals surface area (Å²) >= 11 is 0. The normalized spacial score (nSPS) is 7.85. The molecule has 0 saturated heterocycles. The molecule has 0 N–H and O–H groups in total. The Bertz CT molecular complexity index is 244. The quantitative estimate of drug-likeness (QED) is 0.655. The molecule has 0 spiro atoms. The number of hydrogen-bond acceptors (Lipinski definition) is 4. The van der Waals surface area contributed by atoms with Crippen LogP contribution in [-0.2, 0) is 0 Å². The van der Waals surface area contributed by atoms with Crippen LogP contribution in [0.5, 0.6) is 12.0 Å². The van der Waals surface area contributed by atoms with Crippen molar-refractivity contribution in [2.45, 2.75) is 13.3 Å². The van der Waals surface area contributed by atoms with Gasteiger partial charge < -0.3 is 13.9 Å². The summed E-state index contributed by atoms with van der Waals surface area (Å²) in [6.07, 6.45) is 7.21. The van der Waals surface area contributed by atoms with Crippen molar-refractivity contribution in [3.05, 3.63) is 6.26 Å². The van der Waals surface area contributed by atoms with E-state index >= 15 is 0 Å². The highest BCUT2D eigenvalue weighted by atomic mass is 16.6. The van der Waals surface area contributed by atoms with Gasteiger partial charge in [-0.3, -0.25) is 0 Å². The van der Waals surface area contributed by atoms with Gasteiger partial charge in [0.2, 0.25) is 0 Å². The van der Waals surface area contributed by atoms with E-state index in [0.717, 1.165) is 6.42 Å². The van der Waals surface area contributed by atoms with Gasteiger partial charge in [-0.1, -0.05) is 6.92 Å². The minimum atomic E-state index is 0.215. The second-order valence-corrected chi connectivity index (χ2v) is 1.92. The summed E-state index contributed by atoms with van der Waals surface area (Å²) in [6.45, 7) is 1.94. The van der Waals surface area contributed by atoms with Crippen molar-refractivity contribution in [1.29, 1.82) is 0 Å². The van der Waals surface area contributed by atoms with Crippen molar-refractivity contribution in [3.63, 3.8) is 0 Å². The highest BCUT2D eigenvalue weighted by Crippen LogP contribution is 2.14. The van der Waals surface area contributed by atoms with Gasteiger partial charge in [0.25, 0.3) is 5.88 Å². The lowest BCUT2D eigenvalue weighted by Crippen LogP contribution is -1.83. The van der Waals surface area contributed by atoms with E-state index < -0.39 is 0 Å². The van der Waals surface area contributed by atoms with Gasteiger partial charge in [-0.2, -0.15) is 0 Å². The van der Waals surface area contributed by atoms with Gasteiger partial charge in [0, 0.05) is 6.42 Å². The molecular weight excluding hydrogens is 170 g/mol. The van der Waals surface area contributed by atoms with Crippen LogP contribution in [0.4, 0.5) is 0 Å². The lowest BCUT2D eigenvalue weighted by atomic mass is 10.5. The van der Waals surface area contributed by atoms with Crippen LogP contribution in [-0.4, -0.2) is 19.2 Å². The molecule has 0 atom stereocenters. The Labute approximate surface area is 77.9 Å². The molecule has 0 unspecified atom stereocenters. The average molecular weight is 183 g/mol. The first kappa shape index (κ1) is 11.4. The van der Waals surface area contributed by atoms with Crippen LogP contribution in [0, 0.1) is 12.3 Å². The molecular formula is C9H13NO3. The Morgan fingerprint density at radius 3 is 2.38 bits per heavy atom. The first-order valence-corrected chi connectivity index (χ1v) is 3.75. The minimum absolute atomic E-state index is 0.215. The molecule has 13 heavy (non-hydrogen) atoms. The highest BCUT2D eigenvalue weighted by molar-refractivity contribution is 5.04. The van der Waals surface area contributed by atoms with E-state index in [2.05, 4.69) is 15.6 Å². The van der Waals surface area contributed by atoms with Crippen LogP contribution in [0.1, 0.15) is 13.3 Å². The summed E-state index contributed by atoms with van der Waals surface area (Å²) in [5.74, 6) is 2.85. The van der Waals surface area contributed by atoms with E-state index in [0.29, 0.717) is 5.88 Å². The number of ether oxygens (including phenoxy) is 2. The second kappa shape index (κ2) is 7.04. The maximum Gasteiger partial charge on any atom is 0.396 e. The fraction of sp³-hybridized carbons (Fsp3) is 0.444. The van der Waals surface area contributed by atoms with Crippen molar-refractivity contribution in [2.24, 2.45) is 0 Å². The first-order valence-electron chi connectivity index (χ1n) is 3.75. The summed E-state index contributed by atoms with van der Waals surface area (Å²) in [7, 11) is 2.99. The van der Waals surface area contributed by atoms with Crippen molar-refractivity contribution in [1.82, 2.24) is 4.98 Å². The molecule has 4 nitrogen and oxygen atoms in total. The van der Waals surface area contributed by atoms with Gasteiger partial charge in [-0.15, -0.1) is 17.3 Å². The predicted octanol–water partition coefficient (Wildman–Crippen LogP) is 1.72. The first-order chi connectivity index (χ1) is 6.28. The predicted molar refractivity (Wildman–Crippen MR) is 48.7 cm³/mol. The zero-order chi connectivity index (χ0) is 10.1. The van der Waals surface area contributed by atoms with Crippen LogP contribution >= 0.6 is 0 Å². The number of nitrogens with zero attached hydrogens (tertiary/aromatic N) is 1. The largest absolute Gasteiger partial charge is 0.479 e. The lowest BCUT2D eigenvalue weighted by Gasteiger charge is -1.86. The number of rotatable bonds is 2. The Morgan fingerprint density at radius 2 is 2.15 bits per heavy atom. The molecule has 0 bridgehead atoms. The molecule has 0 aliphatic heterocycles. The molecule has 0 saturated carbocycles. The van der Waals surface area contributed by atoms with E-state index in [4.69, 9.17) is 15.6 Å². The third-order valence-corrected chi connectivity index (χ3v) is 1.05. The van der Waals surface area contributed by atoms with Crippen molar-refractivity contribution in [2.75, 3.05) is 14.2 Å². The fourth-order valence-corrected chi connectivity index (χ4v) is 0.431. The van der Waals surface area contributed by atoms with Crippen molar-refractivity contribution >= 4 is 0 Å². The van der Waals surface area contributed by atoms with Crippen LogP contribution in [0.3, 0.4) is 0 Å². The van der Waals surface area contributed by atoms with Crippen molar-refractivity contribution in [3.8, 4) is 24.3 Å². The van der Waals surface area contributed by atoms with E-state index in [9.17, 15) is 0 Å². The third-order valence-electron chi connectivity index (χ3n) is 1.05. The van der Waals surface area contributed by atoms with Crippen molar-refractivity contribution < 1.29 is 13.9 Å². The molecule has 4 heteroatoms. The third kappa shape index (κ3) is 4.75. The fourth-order valence-electron chi connectivity index (χ4n) is 0.431. The average Bonchev–Trinajstić information content (AvgIpc) is 2.66. The molecule has 0 fully saturated rings. The summed E-state index contributed by atoms with van der Waals surface area (Å²) in [4.78, 5) is 3.74. The van der Waals surface area contributed by atoms with Crippen LogP contribution in [0.2, 0.25) is 0 Å². The lowest BCUT2D eigenvalue weighted by molar-refractivity contribution is 0.290. The smallest absolute Gasteiger partial charge is 0.396 e. The summed E-state index contributed by atoms with van der Waals surface area (Å²) in [5, 5.41) is 0. The number of terminal acetylenes is 1. The van der Waals surface area contributed by atoms with E-state index in [1.807, 2.05) is 6.92 Å². The van der Waals surface area contributed by atoms with Gasteiger partial charge >= 0.3 is 6.08 Å². The Balaban J connectivity index is 0.000000310. The topological polar surface area (TPSA) is 44.5 Å². The summed E-state index contributed by atoms with van der Waals surface area (Å²) in [5.41, 5.74) is 0. The number of hydrogen-bond donors (Lipinski definition) is 0. The molecule has 0 radical (unpaired) electrons. The molecule has 1 heterocycles. The number of oxazole rings is 1. The monoisotopic (exact) mass is 183 g/mol. The summed E-state index contributed by atoms with van der Waals surface area (Å²) < 4.78 is 14.1. The van der Waals surface area contributed by atoms with Gasteiger partial charge in [-0.05, 0) is 0 Å².